The molecule has 0 aliphatic rings. The van der Waals surface area contributed by atoms with Gasteiger partial charge in [-0.15, -0.1) is 0 Å². The minimum atomic E-state index is -0.329. The molecule has 2 N–H and O–H groups in total. The van der Waals surface area contributed by atoms with E-state index in [9.17, 15) is 9.59 Å². The van der Waals surface area contributed by atoms with Crippen molar-refractivity contribution in [1.82, 2.24) is 10.6 Å². The number of carbonyl (C=O) groups excluding carboxylic acids is 2. The Morgan fingerprint density at radius 3 is 1.67 bits per heavy atom. The van der Waals surface area contributed by atoms with Crippen LogP contribution in [0.2, 0.25) is 0 Å². The van der Waals surface area contributed by atoms with Crippen LogP contribution in [-0.2, 0) is 9.47 Å². The molecule has 0 saturated carbocycles. The van der Waals surface area contributed by atoms with Crippen molar-refractivity contribution in [3.63, 3.8) is 0 Å². The smallest absolute Gasteiger partial charge is 0.407 e. The zero-order valence-corrected chi connectivity index (χ0v) is 18.0. The van der Waals surface area contributed by atoms with Crippen molar-refractivity contribution in [3.8, 4) is 0 Å². The van der Waals surface area contributed by atoms with Crippen LogP contribution in [0.4, 0.5) is 9.59 Å². The van der Waals surface area contributed by atoms with Crippen molar-refractivity contribution >= 4 is 12.2 Å². The van der Waals surface area contributed by atoms with Gasteiger partial charge in [0.1, 0.15) is 0 Å². The normalized spacial score (nSPS) is 12.9. The molecule has 160 valence electrons. The lowest BCUT2D eigenvalue weighted by atomic mass is 9.89. The molecule has 0 aromatic heterocycles. The zero-order chi connectivity index (χ0) is 20.3. The molecule has 2 unspecified atom stereocenters. The fourth-order valence-electron chi connectivity index (χ4n) is 2.84. The minimum absolute atomic E-state index is 0.323. The summed E-state index contributed by atoms with van der Waals surface area (Å²) in [6, 6.07) is 0. The van der Waals surface area contributed by atoms with Crippen LogP contribution in [0, 0.1) is 11.8 Å². The highest BCUT2D eigenvalue weighted by Crippen LogP contribution is 2.20. The molecule has 0 rings (SSSR count). The Balaban J connectivity index is 4.30. The summed E-state index contributed by atoms with van der Waals surface area (Å²) in [7, 11) is 0. The van der Waals surface area contributed by atoms with E-state index < -0.39 is 0 Å². The summed E-state index contributed by atoms with van der Waals surface area (Å²) in [5.41, 5.74) is 0. The second kappa shape index (κ2) is 17.9. The first kappa shape index (κ1) is 25.5. The summed E-state index contributed by atoms with van der Waals surface area (Å²) >= 11 is 0. The fourth-order valence-corrected chi connectivity index (χ4v) is 2.84. The predicted octanol–water partition coefficient (Wildman–Crippen LogP) is 5.26. The maximum Gasteiger partial charge on any atom is 0.407 e. The molecule has 2 amide bonds. The van der Waals surface area contributed by atoms with Crippen LogP contribution in [0.1, 0.15) is 85.5 Å². The van der Waals surface area contributed by atoms with Crippen molar-refractivity contribution in [2.75, 3.05) is 26.3 Å². The van der Waals surface area contributed by atoms with E-state index in [1.807, 2.05) is 0 Å². The Kier molecular flexibility index (Phi) is 17.0. The van der Waals surface area contributed by atoms with Gasteiger partial charge in [0, 0.05) is 13.1 Å². The molecular formula is C21H42N2O4. The molecule has 0 spiro atoms. The Morgan fingerprint density at radius 1 is 0.741 bits per heavy atom. The van der Waals surface area contributed by atoms with E-state index in [1.54, 1.807) is 0 Å². The number of rotatable bonds is 16. The molecule has 27 heavy (non-hydrogen) atoms. The van der Waals surface area contributed by atoms with Crippen LogP contribution in [0.3, 0.4) is 0 Å². The molecule has 0 aromatic rings. The molecule has 0 heterocycles. The molecule has 6 nitrogen and oxygen atoms in total. The van der Waals surface area contributed by atoms with E-state index in [1.165, 1.54) is 0 Å². The van der Waals surface area contributed by atoms with Gasteiger partial charge in [0.25, 0.3) is 0 Å². The molecule has 0 bridgehead atoms. The molecule has 0 aromatic carbocycles. The van der Waals surface area contributed by atoms with Gasteiger partial charge in [-0.25, -0.2) is 9.59 Å². The zero-order valence-electron chi connectivity index (χ0n) is 18.0. The third kappa shape index (κ3) is 15.3. The third-order valence-electron chi connectivity index (χ3n) is 4.74. The SMILES string of the molecule is CCCCOC(=O)NCC(CC)CC(CCCC)CNC(=O)OCCCC. The monoisotopic (exact) mass is 386 g/mol. The second-order valence-electron chi connectivity index (χ2n) is 7.26. The maximum absolute atomic E-state index is 11.8. The first-order chi connectivity index (χ1) is 13.1. The van der Waals surface area contributed by atoms with E-state index in [2.05, 4.69) is 38.3 Å². The topological polar surface area (TPSA) is 76.7 Å². The summed E-state index contributed by atoms with van der Waals surface area (Å²) < 4.78 is 10.3. The fraction of sp³-hybridized carbons (Fsp3) is 0.905. The van der Waals surface area contributed by atoms with Crippen molar-refractivity contribution in [3.05, 3.63) is 0 Å². The van der Waals surface area contributed by atoms with Gasteiger partial charge in [-0.2, -0.15) is 0 Å². The molecular weight excluding hydrogens is 344 g/mol. The van der Waals surface area contributed by atoms with E-state index in [0.29, 0.717) is 38.1 Å². The van der Waals surface area contributed by atoms with Crippen molar-refractivity contribution in [1.29, 1.82) is 0 Å². The van der Waals surface area contributed by atoms with E-state index >= 15 is 0 Å². The lowest BCUT2D eigenvalue weighted by molar-refractivity contribution is 0.140. The van der Waals surface area contributed by atoms with E-state index in [-0.39, 0.29) is 12.2 Å². The maximum atomic E-state index is 11.8. The van der Waals surface area contributed by atoms with Crippen LogP contribution in [0.25, 0.3) is 0 Å². The molecule has 0 fully saturated rings. The summed E-state index contributed by atoms with van der Waals surface area (Å²) in [5, 5.41) is 5.79. The van der Waals surface area contributed by atoms with Gasteiger partial charge in [0.15, 0.2) is 0 Å². The Morgan fingerprint density at radius 2 is 1.22 bits per heavy atom. The summed E-state index contributed by atoms with van der Waals surface area (Å²) in [4.78, 5) is 23.5. The number of hydrogen-bond acceptors (Lipinski definition) is 4. The van der Waals surface area contributed by atoms with Crippen molar-refractivity contribution in [2.24, 2.45) is 11.8 Å². The summed E-state index contributed by atoms with van der Waals surface area (Å²) in [6.07, 6.45) is 8.46. The highest BCUT2D eigenvalue weighted by atomic mass is 16.6. The number of amides is 2. The number of hydrogen-bond donors (Lipinski definition) is 2. The number of alkyl carbamates (subject to hydrolysis) is 2. The summed E-state index contributed by atoms with van der Waals surface area (Å²) in [6.45, 7) is 10.6. The van der Waals surface area contributed by atoms with E-state index in [4.69, 9.17) is 9.47 Å². The summed E-state index contributed by atoms with van der Waals surface area (Å²) in [5.74, 6) is 0.773. The van der Waals surface area contributed by atoms with Gasteiger partial charge in [-0.05, 0) is 37.5 Å². The molecule has 0 radical (unpaired) electrons. The largest absolute Gasteiger partial charge is 0.450 e. The van der Waals surface area contributed by atoms with Gasteiger partial charge in [0.05, 0.1) is 13.2 Å². The quantitative estimate of drug-likeness (QED) is 0.355. The van der Waals surface area contributed by atoms with Gasteiger partial charge >= 0.3 is 12.2 Å². The Hall–Kier alpha value is -1.46. The number of carbonyl (C=O) groups is 2. The molecule has 0 aliphatic heterocycles. The highest BCUT2D eigenvalue weighted by Gasteiger charge is 2.17. The van der Waals surface area contributed by atoms with Gasteiger partial charge < -0.3 is 20.1 Å². The number of unbranched alkanes of at least 4 members (excludes halogenated alkanes) is 3. The van der Waals surface area contributed by atoms with Gasteiger partial charge in [-0.1, -0.05) is 59.8 Å². The van der Waals surface area contributed by atoms with Crippen LogP contribution < -0.4 is 10.6 Å². The van der Waals surface area contributed by atoms with Crippen LogP contribution in [-0.4, -0.2) is 38.5 Å². The van der Waals surface area contributed by atoms with Crippen LogP contribution >= 0.6 is 0 Å². The van der Waals surface area contributed by atoms with Crippen LogP contribution in [0.15, 0.2) is 0 Å². The highest BCUT2D eigenvalue weighted by molar-refractivity contribution is 5.67. The minimum Gasteiger partial charge on any atom is -0.450 e. The second-order valence-corrected chi connectivity index (χ2v) is 7.26. The molecule has 0 aliphatic carbocycles. The lowest BCUT2D eigenvalue weighted by Crippen LogP contribution is -2.34. The number of ether oxygens (including phenoxy) is 2. The van der Waals surface area contributed by atoms with Crippen molar-refractivity contribution in [2.45, 2.75) is 85.5 Å². The number of nitrogens with one attached hydrogen (secondary N) is 2. The first-order valence-electron chi connectivity index (χ1n) is 10.9. The lowest BCUT2D eigenvalue weighted by Gasteiger charge is -2.23. The average Bonchev–Trinajstić information content (AvgIpc) is 2.67. The first-order valence-corrected chi connectivity index (χ1v) is 10.9. The average molecular weight is 387 g/mol. The van der Waals surface area contributed by atoms with Gasteiger partial charge in [0.2, 0.25) is 0 Å². The van der Waals surface area contributed by atoms with E-state index in [0.717, 1.165) is 57.8 Å². The van der Waals surface area contributed by atoms with Gasteiger partial charge in [-0.3, -0.25) is 0 Å². The molecule has 6 heteroatoms. The Bertz CT molecular complexity index is 377. The molecule has 2 atom stereocenters. The standard InChI is InChI=1S/C21H42N2O4/c1-5-9-12-19(17-23-21(25)27-14-11-7-3)15-18(8-4)16-22-20(24)26-13-10-6-2/h18-19H,5-17H2,1-4H3,(H,22,24)(H,23,25). The third-order valence-corrected chi connectivity index (χ3v) is 4.74. The van der Waals surface area contributed by atoms with Crippen molar-refractivity contribution < 1.29 is 19.1 Å². The molecule has 0 saturated heterocycles. The predicted molar refractivity (Wildman–Crippen MR) is 110 cm³/mol. The van der Waals surface area contributed by atoms with Crippen LogP contribution in [0.5, 0.6) is 0 Å². The Labute approximate surface area is 166 Å².